The van der Waals surface area contributed by atoms with Gasteiger partial charge in [-0.15, -0.1) is 0 Å². The number of carboxylic acids is 1. The van der Waals surface area contributed by atoms with Gasteiger partial charge in [0.15, 0.2) is 0 Å². The SMILES string of the molecule is CCCCCN1CCCC1CNS(=O)(=O)c1cccc(C(=O)Nc2cccc(C(F)(F)F)c2)c1.O=C(O)C(F)(F)F. The van der Waals surface area contributed by atoms with Crippen molar-refractivity contribution in [2.75, 3.05) is 25.0 Å². The molecule has 2 aromatic rings. The number of aliphatic carboxylic acids is 1. The van der Waals surface area contributed by atoms with Crippen LogP contribution in [0.2, 0.25) is 0 Å². The fourth-order valence-electron chi connectivity index (χ4n) is 4.06. The first kappa shape index (κ1) is 34.0. The van der Waals surface area contributed by atoms with E-state index in [9.17, 15) is 39.6 Å². The van der Waals surface area contributed by atoms with E-state index < -0.39 is 39.8 Å². The Kier molecular flexibility index (Phi) is 12.2. The van der Waals surface area contributed by atoms with Crippen LogP contribution in [0.15, 0.2) is 53.4 Å². The van der Waals surface area contributed by atoms with Crippen LogP contribution in [-0.4, -0.2) is 62.2 Å². The number of halogens is 6. The molecule has 228 valence electrons. The first-order valence-electron chi connectivity index (χ1n) is 12.7. The number of sulfonamides is 1. The summed E-state index contributed by atoms with van der Waals surface area (Å²) in [4.78, 5) is 23.7. The number of rotatable bonds is 10. The lowest BCUT2D eigenvalue weighted by atomic mass is 10.1. The highest BCUT2D eigenvalue weighted by atomic mass is 32.2. The fraction of sp³-hybridized carbons (Fsp3) is 0.462. The second-order valence-electron chi connectivity index (χ2n) is 9.25. The van der Waals surface area contributed by atoms with Crippen molar-refractivity contribution in [2.45, 2.75) is 62.3 Å². The smallest absolute Gasteiger partial charge is 0.475 e. The number of carboxylic acid groups (broad SMARTS) is 1. The van der Waals surface area contributed by atoms with E-state index in [0.717, 1.165) is 57.3 Å². The topological polar surface area (TPSA) is 116 Å². The Morgan fingerprint density at radius 1 is 1.02 bits per heavy atom. The van der Waals surface area contributed by atoms with E-state index in [1.165, 1.54) is 36.4 Å². The van der Waals surface area contributed by atoms with Crippen LogP contribution < -0.4 is 10.0 Å². The van der Waals surface area contributed by atoms with Crippen LogP contribution >= 0.6 is 0 Å². The van der Waals surface area contributed by atoms with Gasteiger partial charge in [0.05, 0.1) is 10.5 Å². The van der Waals surface area contributed by atoms with Crippen molar-refractivity contribution >= 4 is 27.6 Å². The predicted molar refractivity (Wildman–Crippen MR) is 139 cm³/mol. The van der Waals surface area contributed by atoms with Gasteiger partial charge in [-0.1, -0.05) is 31.9 Å². The zero-order chi connectivity index (χ0) is 30.8. The number of amides is 1. The fourth-order valence-corrected chi connectivity index (χ4v) is 5.17. The van der Waals surface area contributed by atoms with Crippen LogP contribution in [0.3, 0.4) is 0 Å². The van der Waals surface area contributed by atoms with Crippen LogP contribution in [0.25, 0.3) is 0 Å². The van der Waals surface area contributed by atoms with Gasteiger partial charge in [-0.25, -0.2) is 17.9 Å². The molecular weight excluding hydrogens is 580 g/mol. The molecular formula is C26H31F6N3O5S. The number of alkyl halides is 6. The molecule has 1 aliphatic heterocycles. The highest BCUT2D eigenvalue weighted by Crippen LogP contribution is 2.30. The molecule has 3 N–H and O–H groups in total. The lowest BCUT2D eigenvalue weighted by Gasteiger charge is -2.24. The molecule has 0 spiro atoms. The van der Waals surface area contributed by atoms with Gasteiger partial charge in [-0.2, -0.15) is 26.3 Å². The van der Waals surface area contributed by atoms with Crippen LogP contribution in [0.5, 0.6) is 0 Å². The number of benzene rings is 2. The molecule has 1 atom stereocenters. The quantitative estimate of drug-likeness (QED) is 0.241. The summed E-state index contributed by atoms with van der Waals surface area (Å²) in [6.07, 6.45) is -4.31. The molecule has 15 heteroatoms. The van der Waals surface area contributed by atoms with Gasteiger partial charge < -0.3 is 10.4 Å². The molecule has 0 radical (unpaired) electrons. The van der Waals surface area contributed by atoms with Gasteiger partial charge in [0.25, 0.3) is 5.91 Å². The van der Waals surface area contributed by atoms with Crippen LogP contribution in [0.1, 0.15) is 54.9 Å². The third kappa shape index (κ3) is 11.0. The maximum absolute atomic E-state index is 12.9. The molecule has 1 unspecified atom stereocenters. The van der Waals surface area contributed by atoms with Gasteiger partial charge >= 0.3 is 18.3 Å². The number of carbonyl (C=O) groups is 2. The van der Waals surface area contributed by atoms with E-state index in [-0.39, 0.29) is 28.7 Å². The van der Waals surface area contributed by atoms with E-state index >= 15 is 0 Å². The second kappa shape index (κ2) is 14.6. The molecule has 1 amide bonds. The average molecular weight is 612 g/mol. The Morgan fingerprint density at radius 3 is 2.29 bits per heavy atom. The number of carbonyl (C=O) groups excluding carboxylic acids is 1. The first-order chi connectivity index (χ1) is 19.0. The van der Waals surface area contributed by atoms with Crippen molar-refractivity contribution in [1.29, 1.82) is 0 Å². The number of nitrogens with zero attached hydrogens (tertiary/aromatic N) is 1. The van der Waals surface area contributed by atoms with E-state index in [1.807, 2.05) is 0 Å². The van der Waals surface area contributed by atoms with Gasteiger partial charge in [-0.05, 0) is 68.8 Å². The van der Waals surface area contributed by atoms with Crippen molar-refractivity contribution in [3.63, 3.8) is 0 Å². The molecule has 3 rings (SSSR count). The second-order valence-corrected chi connectivity index (χ2v) is 11.0. The summed E-state index contributed by atoms with van der Waals surface area (Å²) in [5.41, 5.74) is -0.889. The van der Waals surface area contributed by atoms with E-state index in [1.54, 1.807) is 0 Å². The molecule has 0 bridgehead atoms. The number of unbranched alkanes of at least 4 members (excludes halogenated alkanes) is 2. The van der Waals surface area contributed by atoms with Crippen molar-refractivity contribution in [2.24, 2.45) is 0 Å². The Balaban J connectivity index is 0.000000745. The van der Waals surface area contributed by atoms with Gasteiger partial charge in [0.1, 0.15) is 0 Å². The highest BCUT2D eigenvalue weighted by Gasteiger charge is 2.38. The highest BCUT2D eigenvalue weighted by molar-refractivity contribution is 7.89. The molecule has 1 saturated heterocycles. The standard InChI is InChI=1S/C24H30F3N3O3S.C2HF3O2/c1-2-3-4-13-30-14-7-11-21(30)17-28-34(32,33)22-12-5-8-18(15-22)23(31)29-20-10-6-9-19(16-20)24(25,26)27;3-2(4,5)1(6)7/h5-6,8-10,12,15-16,21,28H,2-4,7,11,13-14,17H2,1H3,(H,29,31);(H,6,7). The summed E-state index contributed by atoms with van der Waals surface area (Å²) in [7, 11) is -3.86. The van der Waals surface area contributed by atoms with Crippen LogP contribution in [0, 0.1) is 0 Å². The average Bonchev–Trinajstić information content (AvgIpc) is 3.34. The monoisotopic (exact) mass is 611 g/mol. The number of likely N-dealkylation sites (tertiary alicyclic amines) is 1. The summed E-state index contributed by atoms with van der Waals surface area (Å²) < 4.78 is 98.8. The zero-order valence-corrected chi connectivity index (χ0v) is 22.9. The van der Waals surface area contributed by atoms with Crippen molar-refractivity contribution in [3.05, 3.63) is 59.7 Å². The lowest BCUT2D eigenvalue weighted by molar-refractivity contribution is -0.192. The van der Waals surface area contributed by atoms with Gasteiger partial charge in [0, 0.05) is 23.8 Å². The van der Waals surface area contributed by atoms with Gasteiger partial charge in [0.2, 0.25) is 10.0 Å². The number of anilines is 1. The Hall–Kier alpha value is -3.17. The minimum Gasteiger partial charge on any atom is -0.475 e. The molecule has 2 aromatic carbocycles. The summed E-state index contributed by atoms with van der Waals surface area (Å²) in [5.74, 6) is -3.46. The molecule has 1 fully saturated rings. The third-order valence-electron chi connectivity index (χ3n) is 6.15. The maximum Gasteiger partial charge on any atom is 0.490 e. The number of nitrogens with one attached hydrogen (secondary N) is 2. The molecule has 0 aromatic heterocycles. The first-order valence-corrected chi connectivity index (χ1v) is 14.2. The van der Waals surface area contributed by atoms with E-state index in [0.29, 0.717) is 0 Å². The molecule has 41 heavy (non-hydrogen) atoms. The Labute approximate surface area is 233 Å². The zero-order valence-electron chi connectivity index (χ0n) is 22.1. The lowest BCUT2D eigenvalue weighted by Crippen LogP contribution is -2.40. The predicted octanol–water partition coefficient (Wildman–Crippen LogP) is 5.52. The molecule has 8 nitrogen and oxygen atoms in total. The van der Waals surface area contributed by atoms with Crippen molar-refractivity contribution in [3.8, 4) is 0 Å². The molecule has 0 saturated carbocycles. The van der Waals surface area contributed by atoms with Crippen molar-refractivity contribution in [1.82, 2.24) is 9.62 Å². The van der Waals surface area contributed by atoms with Crippen LogP contribution in [0.4, 0.5) is 32.0 Å². The Morgan fingerprint density at radius 2 is 1.68 bits per heavy atom. The van der Waals surface area contributed by atoms with Crippen LogP contribution in [-0.2, 0) is 21.0 Å². The molecule has 1 heterocycles. The maximum atomic E-state index is 12.9. The Bertz CT molecular complexity index is 1280. The minimum absolute atomic E-state index is 0.0299. The van der Waals surface area contributed by atoms with E-state index in [2.05, 4.69) is 21.9 Å². The van der Waals surface area contributed by atoms with Gasteiger partial charge in [-0.3, -0.25) is 9.69 Å². The van der Waals surface area contributed by atoms with Crippen molar-refractivity contribution < 1.29 is 49.5 Å². The summed E-state index contributed by atoms with van der Waals surface area (Å²) in [6.45, 7) is 4.34. The minimum atomic E-state index is -5.08. The number of hydrogen-bond donors (Lipinski definition) is 3. The summed E-state index contributed by atoms with van der Waals surface area (Å²) >= 11 is 0. The normalized spacial score (nSPS) is 16.1. The van der Waals surface area contributed by atoms with E-state index in [4.69, 9.17) is 9.90 Å². The molecule has 1 aliphatic rings. The molecule has 0 aliphatic carbocycles. The third-order valence-corrected chi connectivity index (χ3v) is 7.57. The largest absolute Gasteiger partial charge is 0.490 e. The summed E-state index contributed by atoms with van der Waals surface area (Å²) in [5, 5.41) is 9.52. The number of hydrogen-bond acceptors (Lipinski definition) is 5. The summed E-state index contributed by atoms with van der Waals surface area (Å²) in [6, 6.07) is 9.85.